The molecule has 21 heavy (non-hydrogen) atoms. The molecule has 0 aliphatic carbocycles. The van der Waals surface area contributed by atoms with E-state index in [0.717, 1.165) is 11.3 Å². The van der Waals surface area contributed by atoms with Crippen LogP contribution >= 0.6 is 0 Å². The Morgan fingerprint density at radius 3 is 2.38 bits per heavy atom. The number of nitrogen functional groups attached to an aromatic ring is 1. The number of aryl methyl sites for hydroxylation is 1. The Balaban J connectivity index is 2.24. The molecule has 0 aromatic heterocycles. The maximum atomic E-state index is 12.2. The van der Waals surface area contributed by atoms with Gasteiger partial charge in [0, 0.05) is 24.0 Å². The second-order valence-electron chi connectivity index (χ2n) is 4.65. The van der Waals surface area contributed by atoms with E-state index in [9.17, 15) is 9.59 Å². The molecule has 0 unspecified atom stereocenters. The van der Waals surface area contributed by atoms with Gasteiger partial charge in [-0.1, -0.05) is 18.2 Å². The Kier molecular flexibility index (Phi) is 4.23. The lowest BCUT2D eigenvalue weighted by atomic mass is 10.1. The highest BCUT2D eigenvalue weighted by atomic mass is 16.2. The number of benzene rings is 2. The smallest absolute Gasteiger partial charge is 0.257 e. The van der Waals surface area contributed by atoms with Crippen LogP contribution in [0.15, 0.2) is 42.5 Å². The molecule has 5 heteroatoms. The zero-order valence-corrected chi connectivity index (χ0v) is 11.9. The summed E-state index contributed by atoms with van der Waals surface area (Å²) in [5.41, 5.74) is 8.59. The number of para-hydroxylation sites is 1. The quantitative estimate of drug-likeness (QED) is 0.755. The lowest BCUT2D eigenvalue weighted by molar-refractivity contribution is 0.0961. The number of carbonyl (C=O) groups is 2. The highest BCUT2D eigenvalue weighted by Gasteiger charge is 2.13. The second-order valence-corrected chi connectivity index (χ2v) is 4.65. The lowest BCUT2D eigenvalue weighted by Crippen LogP contribution is -2.19. The summed E-state index contributed by atoms with van der Waals surface area (Å²) in [4.78, 5) is 23.8. The minimum absolute atomic E-state index is 0.243. The molecule has 4 N–H and O–H groups in total. The van der Waals surface area contributed by atoms with Gasteiger partial charge in [0.25, 0.3) is 11.8 Å². The molecule has 2 amide bonds. The molecule has 0 heterocycles. The molecule has 0 aliphatic rings. The molecule has 0 fully saturated rings. The standard InChI is InChI=1S/C16H17N3O2/c1-10-5-3-4-6-14(10)19-16(21)12-8-7-11(9-13(12)17)15(20)18-2/h3-9H,17H2,1-2H3,(H,18,20)(H,19,21). The number of nitrogens with two attached hydrogens (primary N) is 1. The van der Waals surface area contributed by atoms with Crippen molar-refractivity contribution in [3.8, 4) is 0 Å². The van der Waals surface area contributed by atoms with Gasteiger partial charge < -0.3 is 16.4 Å². The summed E-state index contributed by atoms with van der Waals surface area (Å²) >= 11 is 0. The van der Waals surface area contributed by atoms with Crippen molar-refractivity contribution < 1.29 is 9.59 Å². The van der Waals surface area contributed by atoms with E-state index in [1.165, 1.54) is 13.1 Å². The normalized spacial score (nSPS) is 10.0. The van der Waals surface area contributed by atoms with Gasteiger partial charge in [0.2, 0.25) is 0 Å². The van der Waals surface area contributed by atoms with Crippen LogP contribution in [0, 0.1) is 6.92 Å². The van der Waals surface area contributed by atoms with Crippen LogP contribution in [-0.4, -0.2) is 18.9 Å². The summed E-state index contributed by atoms with van der Waals surface area (Å²) in [5.74, 6) is -0.544. The molecule has 0 atom stereocenters. The number of rotatable bonds is 3. The van der Waals surface area contributed by atoms with Crippen LogP contribution in [0.25, 0.3) is 0 Å². The first-order valence-electron chi connectivity index (χ1n) is 6.51. The van der Waals surface area contributed by atoms with Crippen molar-refractivity contribution in [2.24, 2.45) is 0 Å². The number of carbonyl (C=O) groups excluding carboxylic acids is 2. The highest BCUT2D eigenvalue weighted by Crippen LogP contribution is 2.18. The third-order valence-electron chi connectivity index (χ3n) is 3.18. The molecule has 5 nitrogen and oxygen atoms in total. The summed E-state index contributed by atoms with van der Waals surface area (Å²) < 4.78 is 0. The van der Waals surface area contributed by atoms with Crippen LogP contribution in [0.2, 0.25) is 0 Å². The maximum Gasteiger partial charge on any atom is 0.257 e. The molecule has 2 aromatic carbocycles. The van der Waals surface area contributed by atoms with E-state index in [1.807, 2.05) is 31.2 Å². The number of nitrogens with one attached hydrogen (secondary N) is 2. The van der Waals surface area contributed by atoms with Crippen molar-refractivity contribution in [1.82, 2.24) is 5.32 Å². The third-order valence-corrected chi connectivity index (χ3v) is 3.18. The monoisotopic (exact) mass is 283 g/mol. The van der Waals surface area contributed by atoms with Crippen LogP contribution in [0.5, 0.6) is 0 Å². The van der Waals surface area contributed by atoms with Gasteiger partial charge in [0.15, 0.2) is 0 Å². The molecule has 0 saturated carbocycles. The Morgan fingerprint density at radius 1 is 1.05 bits per heavy atom. The average molecular weight is 283 g/mol. The van der Waals surface area contributed by atoms with Gasteiger partial charge in [-0.15, -0.1) is 0 Å². The first kappa shape index (κ1) is 14.6. The highest BCUT2D eigenvalue weighted by molar-refractivity contribution is 6.09. The number of anilines is 2. The van der Waals surface area contributed by atoms with E-state index in [0.29, 0.717) is 11.1 Å². The predicted molar refractivity (Wildman–Crippen MR) is 83.4 cm³/mol. The van der Waals surface area contributed by atoms with Crippen molar-refractivity contribution >= 4 is 23.2 Å². The van der Waals surface area contributed by atoms with Crippen molar-refractivity contribution in [2.75, 3.05) is 18.1 Å². The van der Waals surface area contributed by atoms with Crippen LogP contribution in [0.4, 0.5) is 11.4 Å². The Bertz CT molecular complexity index is 696. The first-order chi connectivity index (χ1) is 10.0. The molecule has 108 valence electrons. The fourth-order valence-electron chi connectivity index (χ4n) is 1.96. The van der Waals surface area contributed by atoms with E-state index in [2.05, 4.69) is 10.6 Å². The van der Waals surface area contributed by atoms with E-state index < -0.39 is 0 Å². The fraction of sp³-hybridized carbons (Fsp3) is 0.125. The summed E-state index contributed by atoms with van der Waals surface area (Å²) in [7, 11) is 1.54. The first-order valence-corrected chi connectivity index (χ1v) is 6.51. The van der Waals surface area contributed by atoms with Gasteiger partial charge in [0.1, 0.15) is 0 Å². The number of amides is 2. The lowest BCUT2D eigenvalue weighted by Gasteiger charge is -2.10. The number of hydrogen-bond donors (Lipinski definition) is 3. The Labute approximate surface area is 123 Å². The number of hydrogen-bond acceptors (Lipinski definition) is 3. The van der Waals surface area contributed by atoms with E-state index in [-0.39, 0.29) is 17.5 Å². The molecule has 0 radical (unpaired) electrons. The van der Waals surface area contributed by atoms with Gasteiger partial charge in [-0.2, -0.15) is 0 Å². The Hall–Kier alpha value is -2.82. The summed E-state index contributed by atoms with van der Waals surface area (Å²) in [6.07, 6.45) is 0. The van der Waals surface area contributed by atoms with E-state index in [4.69, 9.17) is 5.73 Å². The van der Waals surface area contributed by atoms with Gasteiger partial charge >= 0.3 is 0 Å². The molecular weight excluding hydrogens is 266 g/mol. The summed E-state index contributed by atoms with van der Waals surface area (Å²) in [6.45, 7) is 1.91. The summed E-state index contributed by atoms with van der Waals surface area (Å²) in [6, 6.07) is 12.1. The van der Waals surface area contributed by atoms with Crippen molar-refractivity contribution in [3.63, 3.8) is 0 Å². The zero-order valence-electron chi connectivity index (χ0n) is 11.9. The molecule has 0 bridgehead atoms. The maximum absolute atomic E-state index is 12.2. The largest absolute Gasteiger partial charge is 0.398 e. The van der Waals surface area contributed by atoms with Crippen molar-refractivity contribution in [1.29, 1.82) is 0 Å². The van der Waals surface area contributed by atoms with E-state index in [1.54, 1.807) is 12.1 Å². The molecule has 0 saturated heterocycles. The minimum Gasteiger partial charge on any atom is -0.398 e. The molecule has 0 spiro atoms. The van der Waals surface area contributed by atoms with E-state index >= 15 is 0 Å². The van der Waals surface area contributed by atoms with Gasteiger partial charge in [-0.05, 0) is 36.8 Å². The molecular formula is C16H17N3O2. The third kappa shape index (κ3) is 3.20. The van der Waals surface area contributed by atoms with Gasteiger partial charge in [0.05, 0.1) is 5.56 Å². The average Bonchev–Trinajstić information content (AvgIpc) is 2.48. The predicted octanol–water partition coefficient (Wildman–Crippen LogP) is 2.19. The van der Waals surface area contributed by atoms with Crippen LogP contribution in [0.3, 0.4) is 0 Å². The zero-order chi connectivity index (χ0) is 15.4. The van der Waals surface area contributed by atoms with Crippen molar-refractivity contribution in [3.05, 3.63) is 59.2 Å². The topological polar surface area (TPSA) is 84.2 Å². The molecule has 2 aromatic rings. The molecule has 2 rings (SSSR count). The van der Waals surface area contributed by atoms with Crippen LogP contribution < -0.4 is 16.4 Å². The molecule has 0 aliphatic heterocycles. The van der Waals surface area contributed by atoms with Crippen LogP contribution in [0.1, 0.15) is 26.3 Å². The second kappa shape index (κ2) is 6.09. The fourth-order valence-corrected chi connectivity index (χ4v) is 1.96. The summed E-state index contributed by atoms with van der Waals surface area (Å²) in [5, 5.41) is 5.32. The van der Waals surface area contributed by atoms with Crippen molar-refractivity contribution in [2.45, 2.75) is 6.92 Å². The minimum atomic E-state index is -0.301. The SMILES string of the molecule is CNC(=O)c1ccc(C(=O)Nc2ccccc2C)c(N)c1. The van der Waals surface area contributed by atoms with Gasteiger partial charge in [-0.25, -0.2) is 0 Å². The van der Waals surface area contributed by atoms with Gasteiger partial charge in [-0.3, -0.25) is 9.59 Å². The Morgan fingerprint density at radius 2 is 1.76 bits per heavy atom. The van der Waals surface area contributed by atoms with Crippen LogP contribution in [-0.2, 0) is 0 Å².